The van der Waals surface area contributed by atoms with Crippen LogP contribution in [0.15, 0.2) is 23.6 Å². The standard InChI is InChI=1S/C13H15N5O3S/c1-8-4-5-10(18(20)21)12(9(8)2)15-11(19)6-22-13-16-14-7-17(13)3/h4-5,7H,6H2,1-3H3,(H,15,19). The highest BCUT2D eigenvalue weighted by atomic mass is 32.2. The molecule has 1 aromatic heterocycles. The third-order valence-corrected chi connectivity index (χ3v) is 4.21. The first-order chi connectivity index (χ1) is 10.4. The number of amides is 1. The fourth-order valence-corrected chi connectivity index (χ4v) is 2.51. The molecule has 9 heteroatoms. The summed E-state index contributed by atoms with van der Waals surface area (Å²) >= 11 is 1.21. The highest BCUT2D eigenvalue weighted by Gasteiger charge is 2.19. The molecule has 22 heavy (non-hydrogen) atoms. The fourth-order valence-electron chi connectivity index (χ4n) is 1.82. The van der Waals surface area contributed by atoms with E-state index in [1.165, 1.54) is 24.2 Å². The zero-order chi connectivity index (χ0) is 16.3. The number of carbonyl (C=O) groups excluding carboxylic acids is 1. The molecule has 0 atom stereocenters. The lowest BCUT2D eigenvalue weighted by atomic mass is 10.1. The molecular formula is C13H15N5O3S. The minimum atomic E-state index is -0.502. The number of aromatic nitrogens is 3. The Morgan fingerprint density at radius 2 is 2.18 bits per heavy atom. The Balaban J connectivity index is 2.13. The number of nitrogens with one attached hydrogen (secondary N) is 1. The fraction of sp³-hybridized carbons (Fsp3) is 0.308. The van der Waals surface area contributed by atoms with Gasteiger partial charge >= 0.3 is 0 Å². The third kappa shape index (κ3) is 3.42. The Kier molecular flexibility index (Phi) is 4.76. The maximum Gasteiger partial charge on any atom is 0.293 e. The second-order valence-electron chi connectivity index (χ2n) is 4.72. The number of thioether (sulfide) groups is 1. The van der Waals surface area contributed by atoms with E-state index < -0.39 is 4.92 Å². The lowest BCUT2D eigenvalue weighted by Crippen LogP contribution is -2.16. The molecule has 0 radical (unpaired) electrons. The van der Waals surface area contributed by atoms with Gasteiger partial charge in [0.15, 0.2) is 5.16 Å². The van der Waals surface area contributed by atoms with Gasteiger partial charge in [-0.15, -0.1) is 10.2 Å². The average Bonchev–Trinajstić information content (AvgIpc) is 2.87. The van der Waals surface area contributed by atoms with Crippen molar-refractivity contribution in [2.75, 3.05) is 11.1 Å². The van der Waals surface area contributed by atoms with Crippen molar-refractivity contribution in [1.29, 1.82) is 0 Å². The molecule has 0 unspecified atom stereocenters. The van der Waals surface area contributed by atoms with E-state index in [-0.39, 0.29) is 23.0 Å². The molecule has 0 saturated carbocycles. The van der Waals surface area contributed by atoms with Crippen molar-refractivity contribution in [3.8, 4) is 0 Å². The molecule has 0 bridgehead atoms. The van der Waals surface area contributed by atoms with E-state index in [2.05, 4.69) is 15.5 Å². The molecule has 1 aromatic carbocycles. The second kappa shape index (κ2) is 6.56. The summed E-state index contributed by atoms with van der Waals surface area (Å²) in [4.78, 5) is 22.6. The number of nitro groups is 1. The predicted octanol–water partition coefficient (Wildman–Crippen LogP) is 2.07. The normalized spacial score (nSPS) is 10.5. The molecule has 2 aromatic rings. The molecule has 1 amide bonds. The van der Waals surface area contributed by atoms with Gasteiger partial charge in [0.05, 0.1) is 10.7 Å². The van der Waals surface area contributed by atoms with E-state index >= 15 is 0 Å². The Morgan fingerprint density at radius 1 is 1.45 bits per heavy atom. The number of rotatable bonds is 5. The van der Waals surface area contributed by atoms with Gasteiger partial charge in [-0.05, 0) is 25.0 Å². The van der Waals surface area contributed by atoms with Gasteiger partial charge in [-0.2, -0.15) is 0 Å². The number of nitro benzene ring substituents is 1. The van der Waals surface area contributed by atoms with E-state index in [0.717, 1.165) is 5.56 Å². The van der Waals surface area contributed by atoms with E-state index in [1.807, 2.05) is 6.92 Å². The van der Waals surface area contributed by atoms with Crippen LogP contribution < -0.4 is 5.32 Å². The van der Waals surface area contributed by atoms with E-state index in [0.29, 0.717) is 10.7 Å². The van der Waals surface area contributed by atoms with Crippen molar-refractivity contribution in [2.24, 2.45) is 7.05 Å². The topological polar surface area (TPSA) is 103 Å². The molecule has 0 aliphatic heterocycles. The summed E-state index contributed by atoms with van der Waals surface area (Å²) in [5, 5.41) is 21.9. The Labute approximate surface area is 131 Å². The summed E-state index contributed by atoms with van der Waals surface area (Å²) in [5.41, 5.74) is 1.70. The van der Waals surface area contributed by atoms with Crippen LogP contribution in [0, 0.1) is 24.0 Å². The zero-order valence-electron chi connectivity index (χ0n) is 12.4. The SMILES string of the molecule is Cc1ccc([N+](=O)[O-])c(NC(=O)CSc2nncn2C)c1C. The van der Waals surface area contributed by atoms with Gasteiger partial charge in [0.2, 0.25) is 5.91 Å². The lowest BCUT2D eigenvalue weighted by Gasteiger charge is -2.10. The first-order valence-electron chi connectivity index (χ1n) is 6.41. The summed E-state index contributed by atoms with van der Waals surface area (Å²) in [7, 11) is 1.77. The van der Waals surface area contributed by atoms with Gasteiger partial charge in [0, 0.05) is 13.1 Å². The molecule has 0 aliphatic carbocycles. The Hall–Kier alpha value is -2.42. The van der Waals surface area contributed by atoms with Crippen LogP contribution in [0.1, 0.15) is 11.1 Å². The van der Waals surface area contributed by atoms with Gasteiger partial charge in [-0.3, -0.25) is 14.9 Å². The summed E-state index contributed by atoms with van der Waals surface area (Å²) in [5.74, 6) is -0.235. The molecule has 1 N–H and O–H groups in total. The van der Waals surface area contributed by atoms with Crippen LogP contribution in [0.5, 0.6) is 0 Å². The Morgan fingerprint density at radius 3 is 2.77 bits per heavy atom. The molecular weight excluding hydrogens is 306 g/mol. The summed E-state index contributed by atoms with van der Waals surface area (Å²) in [6, 6.07) is 3.06. The molecule has 0 spiro atoms. The van der Waals surface area contributed by atoms with Crippen LogP contribution in [-0.2, 0) is 11.8 Å². The summed E-state index contributed by atoms with van der Waals surface area (Å²) < 4.78 is 1.69. The second-order valence-corrected chi connectivity index (χ2v) is 5.66. The molecule has 8 nitrogen and oxygen atoms in total. The van der Waals surface area contributed by atoms with Crippen molar-refractivity contribution in [1.82, 2.24) is 14.8 Å². The summed E-state index contributed by atoms with van der Waals surface area (Å²) in [6.07, 6.45) is 1.54. The largest absolute Gasteiger partial charge is 0.319 e. The van der Waals surface area contributed by atoms with Crippen molar-refractivity contribution >= 4 is 29.0 Å². The van der Waals surface area contributed by atoms with Gasteiger partial charge in [0.25, 0.3) is 5.69 Å². The van der Waals surface area contributed by atoms with E-state index in [9.17, 15) is 14.9 Å². The van der Waals surface area contributed by atoms with Crippen molar-refractivity contribution in [3.05, 3.63) is 39.7 Å². The zero-order valence-corrected chi connectivity index (χ0v) is 13.2. The summed E-state index contributed by atoms with van der Waals surface area (Å²) in [6.45, 7) is 3.58. The van der Waals surface area contributed by atoms with Gasteiger partial charge in [-0.1, -0.05) is 17.8 Å². The van der Waals surface area contributed by atoms with Gasteiger partial charge in [0.1, 0.15) is 12.0 Å². The minimum Gasteiger partial charge on any atom is -0.319 e. The number of anilines is 1. The predicted molar refractivity (Wildman–Crippen MR) is 82.9 cm³/mol. The highest BCUT2D eigenvalue weighted by Crippen LogP contribution is 2.30. The molecule has 2 rings (SSSR count). The quantitative estimate of drug-likeness (QED) is 0.514. The molecule has 0 saturated heterocycles. The maximum atomic E-state index is 12.0. The van der Waals surface area contributed by atoms with Gasteiger partial charge < -0.3 is 9.88 Å². The van der Waals surface area contributed by atoms with Gasteiger partial charge in [-0.25, -0.2) is 0 Å². The van der Waals surface area contributed by atoms with E-state index in [4.69, 9.17) is 0 Å². The maximum absolute atomic E-state index is 12.0. The third-order valence-electron chi connectivity index (χ3n) is 3.18. The van der Waals surface area contributed by atoms with Crippen molar-refractivity contribution in [2.45, 2.75) is 19.0 Å². The number of aryl methyl sites for hydroxylation is 2. The molecule has 0 fully saturated rings. The van der Waals surface area contributed by atoms with E-state index in [1.54, 1.807) is 24.6 Å². The molecule has 1 heterocycles. The number of hydrogen-bond donors (Lipinski definition) is 1. The monoisotopic (exact) mass is 321 g/mol. The highest BCUT2D eigenvalue weighted by molar-refractivity contribution is 7.99. The van der Waals surface area contributed by atoms with Crippen LogP contribution in [0.4, 0.5) is 11.4 Å². The number of carbonyl (C=O) groups is 1. The van der Waals surface area contributed by atoms with Crippen molar-refractivity contribution < 1.29 is 9.72 Å². The first kappa shape index (κ1) is 16.0. The lowest BCUT2D eigenvalue weighted by molar-refractivity contribution is -0.384. The number of benzene rings is 1. The number of nitrogens with zero attached hydrogens (tertiary/aromatic N) is 4. The first-order valence-corrected chi connectivity index (χ1v) is 7.40. The van der Waals surface area contributed by atoms with Crippen molar-refractivity contribution in [3.63, 3.8) is 0 Å². The van der Waals surface area contributed by atoms with Crippen LogP contribution in [0.25, 0.3) is 0 Å². The molecule has 0 aliphatic rings. The smallest absolute Gasteiger partial charge is 0.293 e. The van der Waals surface area contributed by atoms with Crippen LogP contribution in [0.2, 0.25) is 0 Å². The minimum absolute atomic E-state index is 0.0943. The van der Waals surface area contributed by atoms with Crippen LogP contribution in [0.3, 0.4) is 0 Å². The Bertz CT molecular complexity index is 728. The van der Waals surface area contributed by atoms with Crippen LogP contribution >= 0.6 is 11.8 Å². The number of hydrogen-bond acceptors (Lipinski definition) is 6. The average molecular weight is 321 g/mol. The molecule has 116 valence electrons. The van der Waals surface area contributed by atoms with Crippen LogP contribution in [-0.4, -0.2) is 31.3 Å².